The molecule has 0 saturated heterocycles. The van der Waals surface area contributed by atoms with Crippen LogP contribution >= 0.6 is 11.3 Å². The summed E-state index contributed by atoms with van der Waals surface area (Å²) in [6.07, 6.45) is 0. The third-order valence-corrected chi connectivity index (χ3v) is 4.69. The first-order chi connectivity index (χ1) is 9.66. The average Bonchev–Trinajstić information content (AvgIpc) is 3.00. The van der Waals surface area contributed by atoms with Crippen molar-refractivity contribution < 1.29 is 4.52 Å². The van der Waals surface area contributed by atoms with E-state index in [1.807, 2.05) is 13.8 Å². The number of benzene rings is 1. The van der Waals surface area contributed by atoms with Gasteiger partial charge in [-0.05, 0) is 43.2 Å². The first-order valence-corrected chi connectivity index (χ1v) is 7.66. The smallest absolute Gasteiger partial charge is 0.138 e. The van der Waals surface area contributed by atoms with Gasteiger partial charge in [-0.25, -0.2) is 0 Å². The molecule has 104 valence electrons. The van der Waals surface area contributed by atoms with Crippen molar-refractivity contribution in [2.75, 3.05) is 0 Å². The number of rotatable bonds is 4. The Hall–Kier alpha value is -1.65. The van der Waals surface area contributed by atoms with Gasteiger partial charge in [0, 0.05) is 22.8 Å². The molecule has 0 aliphatic rings. The van der Waals surface area contributed by atoms with Crippen molar-refractivity contribution in [1.82, 2.24) is 10.5 Å². The predicted octanol–water partition coefficient (Wildman–Crippen LogP) is 4.36. The third kappa shape index (κ3) is 2.37. The van der Waals surface area contributed by atoms with Crippen molar-refractivity contribution in [2.45, 2.75) is 33.4 Å². The Kier molecular flexibility index (Phi) is 3.59. The van der Waals surface area contributed by atoms with Crippen molar-refractivity contribution in [1.29, 1.82) is 0 Å². The molecule has 0 aliphatic carbocycles. The molecule has 1 atom stereocenters. The summed E-state index contributed by atoms with van der Waals surface area (Å²) in [5.41, 5.74) is 3.49. The van der Waals surface area contributed by atoms with Gasteiger partial charge in [0.1, 0.15) is 5.76 Å². The van der Waals surface area contributed by atoms with E-state index in [2.05, 4.69) is 47.0 Å². The number of thiophene rings is 1. The normalized spacial score (nSPS) is 12.9. The van der Waals surface area contributed by atoms with Crippen LogP contribution in [0.1, 0.15) is 35.5 Å². The van der Waals surface area contributed by atoms with Crippen molar-refractivity contribution in [3.8, 4) is 0 Å². The van der Waals surface area contributed by atoms with Gasteiger partial charge in [-0.3, -0.25) is 0 Å². The predicted molar refractivity (Wildman–Crippen MR) is 83.1 cm³/mol. The summed E-state index contributed by atoms with van der Waals surface area (Å²) in [6, 6.07) is 8.77. The van der Waals surface area contributed by atoms with Crippen LogP contribution in [0.15, 0.2) is 34.2 Å². The highest BCUT2D eigenvalue weighted by Crippen LogP contribution is 2.27. The molecule has 0 amide bonds. The van der Waals surface area contributed by atoms with Gasteiger partial charge >= 0.3 is 0 Å². The van der Waals surface area contributed by atoms with E-state index in [0.29, 0.717) is 0 Å². The molecular weight excluding hydrogens is 268 g/mol. The number of aromatic nitrogens is 1. The molecule has 0 bridgehead atoms. The summed E-state index contributed by atoms with van der Waals surface area (Å²) in [5, 5.41) is 11.2. The fraction of sp³-hybridized carbons (Fsp3) is 0.312. The van der Waals surface area contributed by atoms with Gasteiger partial charge in [0.05, 0.1) is 5.69 Å². The Labute approximate surface area is 122 Å². The molecule has 2 aromatic heterocycles. The van der Waals surface area contributed by atoms with Gasteiger partial charge < -0.3 is 9.84 Å². The lowest BCUT2D eigenvalue weighted by molar-refractivity contribution is 0.390. The molecule has 4 heteroatoms. The highest BCUT2D eigenvalue weighted by Gasteiger charge is 2.16. The van der Waals surface area contributed by atoms with E-state index in [-0.39, 0.29) is 6.04 Å². The standard InChI is InChI=1S/C16H18N2OS/c1-10(16-11(2)18-19-12(16)3)17-8-13-9-20-15-7-5-4-6-14(13)15/h4-7,9-10,17H,8H2,1-3H3. The molecule has 20 heavy (non-hydrogen) atoms. The highest BCUT2D eigenvalue weighted by atomic mass is 32.1. The highest BCUT2D eigenvalue weighted by molar-refractivity contribution is 7.17. The van der Waals surface area contributed by atoms with E-state index < -0.39 is 0 Å². The number of aryl methyl sites for hydroxylation is 2. The summed E-state index contributed by atoms with van der Waals surface area (Å²) in [4.78, 5) is 0. The summed E-state index contributed by atoms with van der Waals surface area (Å²) in [7, 11) is 0. The number of nitrogens with one attached hydrogen (secondary N) is 1. The number of fused-ring (bicyclic) bond motifs is 1. The maximum atomic E-state index is 5.24. The van der Waals surface area contributed by atoms with E-state index in [4.69, 9.17) is 4.52 Å². The van der Waals surface area contributed by atoms with Crippen LogP contribution in [-0.2, 0) is 6.54 Å². The van der Waals surface area contributed by atoms with E-state index in [9.17, 15) is 0 Å². The molecule has 3 nitrogen and oxygen atoms in total. The second-order valence-electron chi connectivity index (χ2n) is 5.10. The third-order valence-electron chi connectivity index (χ3n) is 3.68. The van der Waals surface area contributed by atoms with Crippen LogP contribution < -0.4 is 5.32 Å². The molecule has 0 saturated carbocycles. The van der Waals surface area contributed by atoms with Gasteiger partial charge in [-0.1, -0.05) is 23.4 Å². The molecule has 1 unspecified atom stereocenters. The zero-order valence-electron chi connectivity index (χ0n) is 11.9. The molecule has 3 rings (SSSR count). The first-order valence-electron chi connectivity index (χ1n) is 6.78. The Balaban J connectivity index is 1.76. The maximum Gasteiger partial charge on any atom is 0.138 e. The molecule has 1 aromatic carbocycles. The SMILES string of the molecule is Cc1noc(C)c1C(C)NCc1csc2ccccc12. The first kappa shape index (κ1) is 13.3. The lowest BCUT2D eigenvalue weighted by atomic mass is 10.1. The molecule has 0 spiro atoms. The monoisotopic (exact) mass is 286 g/mol. The molecule has 3 aromatic rings. The Bertz CT molecular complexity index is 709. The second kappa shape index (κ2) is 5.38. The fourth-order valence-electron chi connectivity index (χ4n) is 2.64. The van der Waals surface area contributed by atoms with Crippen LogP contribution in [-0.4, -0.2) is 5.16 Å². The maximum absolute atomic E-state index is 5.24. The van der Waals surface area contributed by atoms with Gasteiger partial charge in [-0.2, -0.15) is 0 Å². The van der Waals surface area contributed by atoms with Crippen molar-refractivity contribution in [3.63, 3.8) is 0 Å². The van der Waals surface area contributed by atoms with E-state index in [1.54, 1.807) is 11.3 Å². The molecular formula is C16H18N2OS. The van der Waals surface area contributed by atoms with Crippen LogP contribution in [0.4, 0.5) is 0 Å². The Morgan fingerprint density at radius 3 is 2.85 bits per heavy atom. The van der Waals surface area contributed by atoms with E-state index in [0.717, 1.165) is 18.0 Å². The topological polar surface area (TPSA) is 38.1 Å². The van der Waals surface area contributed by atoms with Crippen LogP contribution in [0.2, 0.25) is 0 Å². The largest absolute Gasteiger partial charge is 0.361 e. The fourth-order valence-corrected chi connectivity index (χ4v) is 3.61. The minimum Gasteiger partial charge on any atom is -0.361 e. The zero-order chi connectivity index (χ0) is 14.1. The van der Waals surface area contributed by atoms with Crippen molar-refractivity contribution in [3.05, 3.63) is 52.2 Å². The van der Waals surface area contributed by atoms with Crippen molar-refractivity contribution >= 4 is 21.4 Å². The van der Waals surface area contributed by atoms with Crippen LogP contribution in [0, 0.1) is 13.8 Å². The Morgan fingerprint density at radius 2 is 2.10 bits per heavy atom. The van der Waals surface area contributed by atoms with Crippen LogP contribution in [0.3, 0.4) is 0 Å². The molecule has 0 radical (unpaired) electrons. The van der Waals surface area contributed by atoms with Gasteiger partial charge in [0.2, 0.25) is 0 Å². The van der Waals surface area contributed by atoms with Gasteiger partial charge in [0.25, 0.3) is 0 Å². The summed E-state index contributed by atoms with van der Waals surface area (Å²) in [6.45, 7) is 6.97. The lowest BCUT2D eigenvalue weighted by Gasteiger charge is -2.13. The number of hydrogen-bond acceptors (Lipinski definition) is 4. The lowest BCUT2D eigenvalue weighted by Crippen LogP contribution is -2.18. The van der Waals surface area contributed by atoms with E-state index in [1.165, 1.54) is 21.2 Å². The van der Waals surface area contributed by atoms with Gasteiger partial charge in [0.15, 0.2) is 0 Å². The molecule has 1 N–H and O–H groups in total. The second-order valence-corrected chi connectivity index (χ2v) is 6.01. The summed E-state index contributed by atoms with van der Waals surface area (Å²) < 4.78 is 6.58. The summed E-state index contributed by atoms with van der Waals surface area (Å²) in [5.74, 6) is 0.901. The zero-order valence-corrected chi connectivity index (χ0v) is 12.8. The molecule has 2 heterocycles. The van der Waals surface area contributed by atoms with Gasteiger partial charge in [-0.15, -0.1) is 11.3 Å². The molecule has 0 fully saturated rings. The average molecular weight is 286 g/mol. The minimum absolute atomic E-state index is 0.236. The molecule has 0 aliphatic heterocycles. The number of nitrogens with zero attached hydrogens (tertiary/aromatic N) is 1. The Morgan fingerprint density at radius 1 is 1.30 bits per heavy atom. The van der Waals surface area contributed by atoms with E-state index >= 15 is 0 Å². The number of hydrogen-bond donors (Lipinski definition) is 1. The quantitative estimate of drug-likeness (QED) is 0.774. The summed E-state index contributed by atoms with van der Waals surface area (Å²) >= 11 is 1.80. The minimum atomic E-state index is 0.236. The van der Waals surface area contributed by atoms with Crippen molar-refractivity contribution in [2.24, 2.45) is 0 Å². The van der Waals surface area contributed by atoms with Crippen LogP contribution in [0.25, 0.3) is 10.1 Å². The van der Waals surface area contributed by atoms with Crippen LogP contribution in [0.5, 0.6) is 0 Å².